The molecule has 0 aliphatic carbocycles. The van der Waals surface area contributed by atoms with Gasteiger partial charge >= 0.3 is 0 Å². The van der Waals surface area contributed by atoms with E-state index in [9.17, 15) is 13.2 Å². The summed E-state index contributed by atoms with van der Waals surface area (Å²) < 4.78 is 26.3. The first-order valence-corrected chi connectivity index (χ1v) is 10.3. The van der Waals surface area contributed by atoms with Crippen LogP contribution in [-0.2, 0) is 14.6 Å². The fourth-order valence-electron chi connectivity index (χ4n) is 2.44. The van der Waals surface area contributed by atoms with Crippen LogP contribution in [0.1, 0.15) is 10.8 Å². The average Bonchev–Trinajstić information content (AvgIpc) is 2.62. The lowest BCUT2D eigenvalue weighted by atomic mass is 10.1. The molecule has 0 radical (unpaired) electrons. The molecule has 1 N–H and O–H groups in total. The number of hydrogen-bond donors (Lipinski definition) is 1. The van der Waals surface area contributed by atoms with Crippen molar-refractivity contribution in [1.29, 1.82) is 0 Å². The van der Waals surface area contributed by atoms with E-state index in [2.05, 4.69) is 5.32 Å². The number of alkyl halides is 1. The molecule has 26 heavy (non-hydrogen) atoms. The average molecular weight is 415 g/mol. The van der Waals surface area contributed by atoms with Gasteiger partial charge in [0.1, 0.15) is 11.1 Å². The lowest BCUT2D eigenvalue weighted by Crippen LogP contribution is -2.32. The van der Waals surface area contributed by atoms with Crippen molar-refractivity contribution < 1.29 is 13.2 Å². The molecular formula is C18H20Cl2N2O3S. The molecule has 1 atom stereocenters. The van der Waals surface area contributed by atoms with Crippen molar-refractivity contribution in [3.8, 4) is 0 Å². The maximum atomic E-state index is 13.1. The van der Waals surface area contributed by atoms with E-state index < -0.39 is 21.0 Å². The Morgan fingerprint density at radius 2 is 1.65 bits per heavy atom. The molecule has 0 aliphatic heterocycles. The molecule has 140 valence electrons. The van der Waals surface area contributed by atoms with Gasteiger partial charge in [-0.05, 0) is 42.0 Å². The van der Waals surface area contributed by atoms with Gasteiger partial charge in [0.25, 0.3) is 0 Å². The summed E-state index contributed by atoms with van der Waals surface area (Å²) >= 11 is 11.4. The van der Waals surface area contributed by atoms with Crippen LogP contribution in [0.3, 0.4) is 0 Å². The first kappa shape index (κ1) is 20.6. The molecule has 2 rings (SSSR count). The number of nitrogens with zero attached hydrogens (tertiary/aromatic N) is 1. The molecule has 0 heterocycles. The minimum absolute atomic E-state index is 0.0716. The van der Waals surface area contributed by atoms with E-state index in [0.29, 0.717) is 10.6 Å². The quantitative estimate of drug-likeness (QED) is 0.705. The second-order valence-corrected chi connectivity index (χ2v) is 8.75. The van der Waals surface area contributed by atoms with Crippen molar-refractivity contribution in [3.63, 3.8) is 0 Å². The molecule has 0 saturated carbocycles. The summed E-state index contributed by atoms with van der Waals surface area (Å²) in [6.07, 6.45) is 0. The van der Waals surface area contributed by atoms with Gasteiger partial charge in [-0.25, -0.2) is 8.42 Å². The van der Waals surface area contributed by atoms with Crippen LogP contribution in [0.5, 0.6) is 0 Å². The molecule has 0 saturated heterocycles. The minimum atomic E-state index is -3.74. The highest BCUT2D eigenvalue weighted by Gasteiger charge is 2.29. The van der Waals surface area contributed by atoms with Crippen molar-refractivity contribution in [3.05, 3.63) is 59.1 Å². The summed E-state index contributed by atoms with van der Waals surface area (Å²) in [7, 11) is 0.0629. The Bertz CT molecular complexity index is 851. The zero-order valence-electron chi connectivity index (χ0n) is 14.4. The smallest absolute Gasteiger partial charge is 0.234 e. The number of halogens is 2. The topological polar surface area (TPSA) is 66.5 Å². The van der Waals surface area contributed by atoms with Gasteiger partial charge in [-0.2, -0.15) is 0 Å². The number of hydrogen-bond acceptors (Lipinski definition) is 4. The molecule has 2 aromatic carbocycles. The number of benzene rings is 2. The molecular weight excluding hydrogens is 395 g/mol. The Morgan fingerprint density at radius 3 is 2.15 bits per heavy atom. The van der Waals surface area contributed by atoms with Gasteiger partial charge in [-0.3, -0.25) is 4.79 Å². The van der Waals surface area contributed by atoms with Gasteiger partial charge < -0.3 is 10.2 Å². The summed E-state index contributed by atoms with van der Waals surface area (Å²) in [6.45, 7) is -0.0716. The SMILES string of the molecule is CN(C)c1ccc([C@H](CNC(=O)CCl)S(=O)(=O)c2ccc(Cl)cc2)cc1. The van der Waals surface area contributed by atoms with Crippen molar-refractivity contribution in [2.75, 3.05) is 31.4 Å². The molecule has 5 nitrogen and oxygen atoms in total. The minimum Gasteiger partial charge on any atom is -0.378 e. The third kappa shape index (κ3) is 4.90. The molecule has 0 bridgehead atoms. The summed E-state index contributed by atoms with van der Waals surface area (Å²) in [5, 5.41) is 2.08. The van der Waals surface area contributed by atoms with Crippen LogP contribution in [0.15, 0.2) is 53.4 Å². The third-order valence-electron chi connectivity index (χ3n) is 3.90. The zero-order valence-corrected chi connectivity index (χ0v) is 16.8. The summed E-state index contributed by atoms with van der Waals surface area (Å²) in [5.41, 5.74) is 1.53. The Balaban J connectivity index is 2.42. The van der Waals surface area contributed by atoms with Crippen LogP contribution < -0.4 is 10.2 Å². The van der Waals surface area contributed by atoms with E-state index in [1.54, 1.807) is 12.1 Å². The molecule has 0 unspecified atom stereocenters. The Hall–Kier alpha value is -1.76. The lowest BCUT2D eigenvalue weighted by Gasteiger charge is -2.20. The zero-order chi connectivity index (χ0) is 19.3. The van der Waals surface area contributed by atoms with E-state index in [1.807, 2.05) is 31.1 Å². The maximum Gasteiger partial charge on any atom is 0.234 e. The van der Waals surface area contributed by atoms with Crippen LogP contribution in [0, 0.1) is 0 Å². The maximum absolute atomic E-state index is 13.1. The van der Waals surface area contributed by atoms with E-state index in [4.69, 9.17) is 23.2 Å². The molecule has 0 fully saturated rings. The predicted octanol–water partition coefficient (Wildman–Crippen LogP) is 3.28. The second-order valence-electron chi connectivity index (χ2n) is 5.91. The van der Waals surface area contributed by atoms with Gasteiger partial charge in [0.15, 0.2) is 9.84 Å². The van der Waals surface area contributed by atoms with Gasteiger partial charge in [0.05, 0.1) is 4.90 Å². The monoisotopic (exact) mass is 414 g/mol. The standard InChI is InChI=1S/C18H20Cl2N2O3S/c1-22(2)15-7-3-13(4-8-15)17(12-21-18(23)11-19)26(24,25)16-9-5-14(20)6-10-16/h3-10,17H,11-12H2,1-2H3,(H,21,23)/t17-/m0/s1. The van der Waals surface area contributed by atoms with Crippen molar-refractivity contribution in [2.24, 2.45) is 0 Å². The molecule has 0 aliphatic rings. The molecule has 1 amide bonds. The summed E-state index contributed by atoms with van der Waals surface area (Å²) in [4.78, 5) is 13.6. The van der Waals surface area contributed by atoms with Crippen LogP contribution in [0.25, 0.3) is 0 Å². The number of rotatable bonds is 7. The Morgan fingerprint density at radius 1 is 1.08 bits per heavy atom. The van der Waals surface area contributed by atoms with E-state index in [1.165, 1.54) is 24.3 Å². The van der Waals surface area contributed by atoms with Gasteiger partial charge in [0.2, 0.25) is 5.91 Å². The number of sulfone groups is 1. The highest BCUT2D eigenvalue weighted by Crippen LogP contribution is 2.30. The van der Waals surface area contributed by atoms with Crippen molar-refractivity contribution in [2.45, 2.75) is 10.1 Å². The van der Waals surface area contributed by atoms with Gasteiger partial charge in [0, 0.05) is 31.4 Å². The van der Waals surface area contributed by atoms with Gasteiger partial charge in [-0.15, -0.1) is 11.6 Å². The first-order chi connectivity index (χ1) is 12.3. The predicted molar refractivity (Wildman–Crippen MR) is 106 cm³/mol. The van der Waals surface area contributed by atoms with E-state index in [0.717, 1.165) is 5.69 Å². The lowest BCUT2D eigenvalue weighted by molar-refractivity contribution is -0.118. The first-order valence-electron chi connectivity index (χ1n) is 7.85. The largest absolute Gasteiger partial charge is 0.378 e. The number of carbonyl (C=O) groups excluding carboxylic acids is 1. The molecule has 0 spiro atoms. The van der Waals surface area contributed by atoms with Crippen LogP contribution in [0.4, 0.5) is 5.69 Å². The normalized spacial score (nSPS) is 12.5. The highest BCUT2D eigenvalue weighted by molar-refractivity contribution is 7.91. The fraction of sp³-hybridized carbons (Fsp3) is 0.278. The Kier molecular flexibility index (Phi) is 6.92. The van der Waals surface area contributed by atoms with Crippen LogP contribution in [-0.4, -0.2) is 40.8 Å². The third-order valence-corrected chi connectivity index (χ3v) is 6.52. The van der Waals surface area contributed by atoms with Crippen LogP contribution in [0.2, 0.25) is 5.02 Å². The van der Waals surface area contributed by atoms with Crippen LogP contribution >= 0.6 is 23.2 Å². The Labute approximate surface area is 163 Å². The second kappa shape index (κ2) is 8.75. The number of nitrogens with one attached hydrogen (secondary N) is 1. The fourth-order valence-corrected chi connectivity index (χ4v) is 4.32. The number of carbonyl (C=O) groups is 1. The number of amides is 1. The summed E-state index contributed by atoms with van der Waals surface area (Å²) in [5.74, 6) is -0.652. The van der Waals surface area contributed by atoms with Crippen molar-refractivity contribution >= 4 is 44.6 Å². The van der Waals surface area contributed by atoms with E-state index in [-0.39, 0.29) is 17.3 Å². The van der Waals surface area contributed by atoms with Crippen molar-refractivity contribution in [1.82, 2.24) is 5.32 Å². The number of anilines is 1. The van der Waals surface area contributed by atoms with Gasteiger partial charge in [-0.1, -0.05) is 23.7 Å². The molecule has 0 aromatic heterocycles. The molecule has 2 aromatic rings. The molecule has 8 heteroatoms. The highest BCUT2D eigenvalue weighted by atomic mass is 35.5. The summed E-state index contributed by atoms with van der Waals surface area (Å²) in [6, 6.07) is 13.1. The van der Waals surface area contributed by atoms with E-state index >= 15 is 0 Å².